The molecule has 4 rings (SSSR count). The average Bonchev–Trinajstić information content (AvgIpc) is 3.04. The highest BCUT2D eigenvalue weighted by Crippen LogP contribution is 2.26. The summed E-state index contributed by atoms with van der Waals surface area (Å²) in [6, 6.07) is 27.6. The Kier molecular flexibility index (Phi) is 3.95. The molecular formula is C23H20N2. The van der Waals surface area contributed by atoms with Gasteiger partial charge in [0, 0.05) is 17.4 Å². The topological polar surface area (TPSA) is 17.8 Å². The number of benzene rings is 3. The van der Waals surface area contributed by atoms with Crippen molar-refractivity contribution in [1.29, 1.82) is 0 Å². The number of aromatic nitrogens is 2. The monoisotopic (exact) mass is 324 g/mol. The van der Waals surface area contributed by atoms with E-state index in [1.54, 1.807) is 0 Å². The maximum Gasteiger partial charge on any atom is 0.144 e. The summed E-state index contributed by atoms with van der Waals surface area (Å²) in [5.74, 6) is 0.974. The molecule has 0 bridgehead atoms. The first-order chi connectivity index (χ1) is 12.2. The summed E-state index contributed by atoms with van der Waals surface area (Å²) in [6.07, 6.45) is 2.09. The van der Waals surface area contributed by atoms with Gasteiger partial charge in [0.25, 0.3) is 0 Å². The summed E-state index contributed by atoms with van der Waals surface area (Å²) < 4.78 is 2.16. The van der Waals surface area contributed by atoms with Gasteiger partial charge in [-0.1, -0.05) is 72.3 Å². The Morgan fingerprint density at radius 3 is 2.12 bits per heavy atom. The van der Waals surface area contributed by atoms with Crippen LogP contribution in [-0.2, 0) is 0 Å². The number of nitrogens with zero attached hydrogens (tertiary/aromatic N) is 2. The Balaban J connectivity index is 1.74. The van der Waals surface area contributed by atoms with Gasteiger partial charge in [-0.05, 0) is 37.1 Å². The lowest BCUT2D eigenvalue weighted by Crippen LogP contribution is -1.96. The quantitative estimate of drug-likeness (QED) is 0.464. The summed E-state index contributed by atoms with van der Waals surface area (Å²) in [5, 5.41) is 0. The molecule has 0 amide bonds. The zero-order valence-electron chi connectivity index (χ0n) is 14.5. The van der Waals surface area contributed by atoms with Crippen LogP contribution in [0.3, 0.4) is 0 Å². The number of hydrogen-bond acceptors (Lipinski definition) is 1. The van der Waals surface area contributed by atoms with Crippen molar-refractivity contribution in [2.75, 3.05) is 0 Å². The lowest BCUT2D eigenvalue weighted by molar-refractivity contribution is 1.07. The lowest BCUT2D eigenvalue weighted by atomic mass is 10.0. The molecule has 0 aliphatic rings. The van der Waals surface area contributed by atoms with Gasteiger partial charge in [0.1, 0.15) is 5.82 Å². The van der Waals surface area contributed by atoms with Gasteiger partial charge in [-0.2, -0.15) is 0 Å². The van der Waals surface area contributed by atoms with Crippen molar-refractivity contribution in [2.24, 2.45) is 0 Å². The smallest absolute Gasteiger partial charge is 0.144 e. The molecule has 1 heterocycles. The molecule has 3 aromatic carbocycles. The van der Waals surface area contributed by atoms with Crippen LogP contribution in [0.2, 0.25) is 0 Å². The SMILES string of the molecule is Cc1cccc(-c2ccc(-n3cc(C)nc3-c3ccccc3)cc2)c1. The number of hydrogen-bond donors (Lipinski definition) is 0. The first-order valence-electron chi connectivity index (χ1n) is 8.49. The van der Waals surface area contributed by atoms with Crippen LogP contribution in [0, 0.1) is 13.8 Å². The van der Waals surface area contributed by atoms with Crippen LogP contribution in [0.4, 0.5) is 0 Å². The third-order valence-electron chi connectivity index (χ3n) is 4.36. The number of aryl methyl sites for hydroxylation is 2. The zero-order valence-corrected chi connectivity index (χ0v) is 14.5. The van der Waals surface area contributed by atoms with Crippen LogP contribution in [0.1, 0.15) is 11.3 Å². The molecule has 25 heavy (non-hydrogen) atoms. The molecule has 0 spiro atoms. The van der Waals surface area contributed by atoms with Crippen molar-refractivity contribution >= 4 is 0 Å². The normalized spacial score (nSPS) is 10.8. The second kappa shape index (κ2) is 6.40. The Hall–Kier alpha value is -3.13. The Labute approximate surface area is 148 Å². The molecular weight excluding hydrogens is 304 g/mol. The summed E-state index contributed by atoms with van der Waals surface area (Å²) in [7, 11) is 0. The molecule has 2 heteroatoms. The molecule has 0 saturated carbocycles. The predicted molar refractivity (Wildman–Crippen MR) is 104 cm³/mol. The number of rotatable bonds is 3. The van der Waals surface area contributed by atoms with Gasteiger partial charge in [0.15, 0.2) is 0 Å². The highest BCUT2D eigenvalue weighted by atomic mass is 15.1. The fraction of sp³-hybridized carbons (Fsp3) is 0.0870. The summed E-state index contributed by atoms with van der Waals surface area (Å²) >= 11 is 0. The zero-order chi connectivity index (χ0) is 17.2. The summed E-state index contributed by atoms with van der Waals surface area (Å²) in [6.45, 7) is 4.16. The molecule has 1 aromatic heterocycles. The van der Waals surface area contributed by atoms with E-state index in [-0.39, 0.29) is 0 Å². The van der Waals surface area contributed by atoms with Crippen LogP contribution >= 0.6 is 0 Å². The first kappa shape index (κ1) is 15.4. The van der Waals surface area contributed by atoms with Crippen molar-refractivity contribution in [1.82, 2.24) is 9.55 Å². The molecule has 0 aliphatic heterocycles. The fourth-order valence-corrected chi connectivity index (χ4v) is 3.12. The van der Waals surface area contributed by atoms with Crippen molar-refractivity contribution in [3.63, 3.8) is 0 Å². The second-order valence-corrected chi connectivity index (χ2v) is 6.36. The number of imidazole rings is 1. The molecule has 0 aliphatic carbocycles. The van der Waals surface area contributed by atoms with Crippen molar-refractivity contribution in [3.05, 3.63) is 96.3 Å². The highest BCUT2D eigenvalue weighted by Gasteiger charge is 2.10. The molecule has 0 saturated heterocycles. The van der Waals surface area contributed by atoms with Gasteiger partial charge in [0.2, 0.25) is 0 Å². The minimum atomic E-state index is 0.974. The van der Waals surface area contributed by atoms with E-state index in [0.29, 0.717) is 0 Å². The van der Waals surface area contributed by atoms with Crippen LogP contribution in [0.5, 0.6) is 0 Å². The van der Waals surface area contributed by atoms with Gasteiger partial charge >= 0.3 is 0 Å². The van der Waals surface area contributed by atoms with Crippen molar-refractivity contribution in [3.8, 4) is 28.2 Å². The largest absolute Gasteiger partial charge is 0.300 e. The van der Waals surface area contributed by atoms with Gasteiger partial charge in [-0.3, -0.25) is 4.57 Å². The Morgan fingerprint density at radius 1 is 0.680 bits per heavy atom. The molecule has 122 valence electrons. The van der Waals surface area contributed by atoms with E-state index in [0.717, 1.165) is 22.8 Å². The maximum atomic E-state index is 4.71. The minimum Gasteiger partial charge on any atom is -0.300 e. The fourth-order valence-electron chi connectivity index (χ4n) is 3.12. The van der Waals surface area contributed by atoms with Crippen LogP contribution < -0.4 is 0 Å². The van der Waals surface area contributed by atoms with E-state index in [4.69, 9.17) is 4.98 Å². The van der Waals surface area contributed by atoms with Crippen LogP contribution in [-0.4, -0.2) is 9.55 Å². The molecule has 0 N–H and O–H groups in total. The third-order valence-corrected chi connectivity index (χ3v) is 4.36. The standard InChI is InChI=1S/C23H20N2/c1-17-7-6-10-21(15-17)19-11-13-22(14-12-19)25-16-18(2)24-23(25)20-8-4-3-5-9-20/h3-16H,1-2H3. The second-order valence-electron chi connectivity index (χ2n) is 6.36. The Morgan fingerprint density at radius 2 is 1.40 bits per heavy atom. The molecule has 0 unspecified atom stereocenters. The van der Waals surface area contributed by atoms with Crippen molar-refractivity contribution < 1.29 is 0 Å². The van der Waals surface area contributed by atoms with Crippen molar-refractivity contribution in [2.45, 2.75) is 13.8 Å². The van der Waals surface area contributed by atoms with E-state index in [9.17, 15) is 0 Å². The summed E-state index contributed by atoms with van der Waals surface area (Å²) in [4.78, 5) is 4.71. The first-order valence-corrected chi connectivity index (χ1v) is 8.49. The summed E-state index contributed by atoms with van der Waals surface area (Å²) in [5.41, 5.74) is 7.01. The van der Waals surface area contributed by atoms with Gasteiger partial charge in [0.05, 0.1) is 5.69 Å². The predicted octanol–water partition coefficient (Wildman–Crippen LogP) is 5.82. The van der Waals surface area contributed by atoms with E-state index in [1.165, 1.54) is 16.7 Å². The van der Waals surface area contributed by atoms with Gasteiger partial charge in [-0.25, -0.2) is 4.98 Å². The molecule has 0 atom stereocenters. The molecule has 4 aromatic rings. The van der Waals surface area contributed by atoms with E-state index in [2.05, 4.69) is 78.4 Å². The van der Waals surface area contributed by atoms with E-state index >= 15 is 0 Å². The van der Waals surface area contributed by atoms with Crippen LogP contribution in [0.15, 0.2) is 85.1 Å². The molecule has 0 fully saturated rings. The van der Waals surface area contributed by atoms with E-state index < -0.39 is 0 Å². The molecule has 0 radical (unpaired) electrons. The lowest BCUT2D eigenvalue weighted by Gasteiger charge is -2.09. The van der Waals surface area contributed by atoms with Crippen LogP contribution in [0.25, 0.3) is 28.2 Å². The average molecular weight is 324 g/mol. The minimum absolute atomic E-state index is 0.974. The van der Waals surface area contributed by atoms with Gasteiger partial charge < -0.3 is 0 Å². The highest BCUT2D eigenvalue weighted by molar-refractivity contribution is 5.66. The molecule has 2 nitrogen and oxygen atoms in total. The Bertz CT molecular complexity index is 996. The van der Waals surface area contributed by atoms with Gasteiger partial charge in [-0.15, -0.1) is 0 Å². The maximum absolute atomic E-state index is 4.71. The van der Waals surface area contributed by atoms with E-state index in [1.807, 2.05) is 25.1 Å². The third kappa shape index (κ3) is 3.11.